The summed E-state index contributed by atoms with van der Waals surface area (Å²) in [5.74, 6) is 0.695. The van der Waals surface area contributed by atoms with Crippen LogP contribution in [0.2, 0.25) is 0 Å². The molecule has 2 aromatic rings. The molecule has 3 rings (SSSR count). The Morgan fingerprint density at radius 2 is 2.41 bits per heavy atom. The number of thiophene rings is 1. The fourth-order valence-electron chi connectivity index (χ4n) is 2.41. The van der Waals surface area contributed by atoms with Gasteiger partial charge in [0.25, 0.3) is 5.56 Å². The minimum atomic E-state index is -0.103. The summed E-state index contributed by atoms with van der Waals surface area (Å²) in [7, 11) is 0. The summed E-state index contributed by atoms with van der Waals surface area (Å²) in [4.78, 5) is 29.9. The molecule has 7 heteroatoms. The molecule has 2 aromatic heterocycles. The summed E-state index contributed by atoms with van der Waals surface area (Å²) < 4.78 is 1.66. The van der Waals surface area contributed by atoms with E-state index < -0.39 is 0 Å². The number of amides is 1. The number of carbonyl (C=O) groups excluding carboxylic acids is 1. The molecule has 22 heavy (non-hydrogen) atoms. The van der Waals surface area contributed by atoms with Crippen molar-refractivity contribution in [3.05, 3.63) is 44.5 Å². The maximum Gasteiger partial charge on any atom is 0.254 e. The normalized spacial score (nSPS) is 16.5. The van der Waals surface area contributed by atoms with E-state index in [2.05, 4.69) is 10.3 Å². The number of hydrogen-bond acceptors (Lipinski definition) is 5. The Balaban J connectivity index is 1.66. The average molecular weight is 335 g/mol. The third kappa shape index (κ3) is 3.25. The van der Waals surface area contributed by atoms with Crippen molar-refractivity contribution in [3.8, 4) is 0 Å². The van der Waals surface area contributed by atoms with Gasteiger partial charge >= 0.3 is 0 Å². The fraction of sp³-hybridized carbons (Fsp3) is 0.400. The van der Waals surface area contributed by atoms with E-state index in [9.17, 15) is 9.59 Å². The number of rotatable bonds is 5. The van der Waals surface area contributed by atoms with Crippen LogP contribution in [0.4, 0.5) is 0 Å². The zero-order valence-electron chi connectivity index (χ0n) is 12.2. The fourth-order valence-corrected chi connectivity index (χ4v) is 4.23. The van der Waals surface area contributed by atoms with Crippen molar-refractivity contribution >= 4 is 29.0 Å². The van der Waals surface area contributed by atoms with Gasteiger partial charge in [-0.15, -0.1) is 11.3 Å². The maximum absolute atomic E-state index is 12.2. The SMILES string of the molecule is CCc1cc(=O)n2c(n1)SCC2CC(=O)NCc1cccs1. The Morgan fingerprint density at radius 1 is 1.55 bits per heavy atom. The highest BCUT2D eigenvalue weighted by Gasteiger charge is 2.27. The predicted molar refractivity (Wildman–Crippen MR) is 88.4 cm³/mol. The molecule has 1 unspecified atom stereocenters. The number of thioether (sulfide) groups is 1. The van der Waals surface area contributed by atoms with Gasteiger partial charge in [0.2, 0.25) is 5.91 Å². The molecule has 0 bridgehead atoms. The molecule has 116 valence electrons. The molecular weight excluding hydrogens is 318 g/mol. The summed E-state index contributed by atoms with van der Waals surface area (Å²) in [5.41, 5.74) is 0.759. The van der Waals surface area contributed by atoms with Crippen molar-refractivity contribution in [2.75, 3.05) is 5.75 Å². The number of aryl methyl sites for hydroxylation is 1. The molecule has 1 atom stereocenters. The van der Waals surface area contributed by atoms with Crippen LogP contribution < -0.4 is 10.9 Å². The van der Waals surface area contributed by atoms with Crippen LogP contribution in [0.15, 0.2) is 33.5 Å². The second-order valence-electron chi connectivity index (χ2n) is 5.12. The third-order valence-electron chi connectivity index (χ3n) is 3.57. The molecule has 1 N–H and O–H groups in total. The van der Waals surface area contributed by atoms with E-state index in [1.165, 1.54) is 0 Å². The van der Waals surface area contributed by atoms with Gasteiger partial charge in [-0.05, 0) is 17.9 Å². The molecular formula is C15H17N3O2S2. The summed E-state index contributed by atoms with van der Waals surface area (Å²) >= 11 is 3.17. The minimum absolute atomic E-state index is 0.0293. The number of carbonyl (C=O) groups is 1. The van der Waals surface area contributed by atoms with Crippen LogP contribution in [0.1, 0.15) is 30.0 Å². The summed E-state index contributed by atoms with van der Waals surface area (Å²) in [6.07, 6.45) is 1.06. The minimum Gasteiger partial charge on any atom is -0.351 e. The van der Waals surface area contributed by atoms with Gasteiger partial charge in [-0.3, -0.25) is 14.2 Å². The molecule has 0 radical (unpaired) electrons. The van der Waals surface area contributed by atoms with Gasteiger partial charge in [-0.25, -0.2) is 4.98 Å². The number of aromatic nitrogens is 2. The zero-order chi connectivity index (χ0) is 15.5. The Morgan fingerprint density at radius 3 is 3.14 bits per heavy atom. The van der Waals surface area contributed by atoms with Crippen LogP contribution in [0.5, 0.6) is 0 Å². The number of nitrogens with one attached hydrogen (secondary N) is 1. The highest BCUT2D eigenvalue weighted by atomic mass is 32.2. The zero-order valence-corrected chi connectivity index (χ0v) is 13.9. The molecule has 0 aromatic carbocycles. The van der Waals surface area contributed by atoms with Crippen molar-refractivity contribution in [1.29, 1.82) is 0 Å². The Bertz CT molecular complexity index is 725. The van der Waals surface area contributed by atoms with E-state index in [1.54, 1.807) is 33.7 Å². The second kappa shape index (κ2) is 6.66. The summed E-state index contributed by atoms with van der Waals surface area (Å²) in [6.45, 7) is 2.53. The summed E-state index contributed by atoms with van der Waals surface area (Å²) in [5, 5.41) is 5.64. The first-order valence-electron chi connectivity index (χ1n) is 7.21. The van der Waals surface area contributed by atoms with Gasteiger partial charge in [-0.1, -0.05) is 24.8 Å². The largest absolute Gasteiger partial charge is 0.351 e. The molecule has 3 heterocycles. The topological polar surface area (TPSA) is 64.0 Å². The first kappa shape index (κ1) is 15.3. The number of fused-ring (bicyclic) bond motifs is 1. The molecule has 0 saturated heterocycles. The smallest absolute Gasteiger partial charge is 0.254 e. The van der Waals surface area contributed by atoms with Crippen LogP contribution in [-0.4, -0.2) is 21.2 Å². The molecule has 0 aliphatic carbocycles. The lowest BCUT2D eigenvalue weighted by Gasteiger charge is -2.13. The predicted octanol–water partition coefficient (Wildman–Crippen LogP) is 2.22. The van der Waals surface area contributed by atoms with Crippen molar-refractivity contribution in [2.24, 2.45) is 0 Å². The average Bonchev–Trinajstić information content (AvgIpc) is 3.15. The molecule has 1 amide bonds. The van der Waals surface area contributed by atoms with Crippen LogP contribution in [0.3, 0.4) is 0 Å². The highest BCUT2D eigenvalue weighted by molar-refractivity contribution is 7.99. The van der Waals surface area contributed by atoms with Crippen LogP contribution in [-0.2, 0) is 17.8 Å². The lowest BCUT2D eigenvalue weighted by atomic mass is 10.2. The van der Waals surface area contributed by atoms with E-state index in [-0.39, 0.29) is 17.5 Å². The molecule has 0 spiro atoms. The van der Waals surface area contributed by atoms with Gasteiger partial charge in [0.15, 0.2) is 5.16 Å². The Kier molecular flexibility index (Phi) is 4.63. The molecule has 0 fully saturated rings. The van der Waals surface area contributed by atoms with Crippen molar-refractivity contribution in [2.45, 2.75) is 37.5 Å². The Hall–Kier alpha value is -1.60. The van der Waals surface area contributed by atoms with E-state index >= 15 is 0 Å². The molecule has 5 nitrogen and oxygen atoms in total. The van der Waals surface area contributed by atoms with Crippen molar-refractivity contribution in [1.82, 2.24) is 14.9 Å². The number of hydrogen-bond donors (Lipinski definition) is 1. The Labute approximate surface area is 136 Å². The quantitative estimate of drug-likeness (QED) is 0.851. The van der Waals surface area contributed by atoms with Gasteiger partial charge in [0.1, 0.15) is 0 Å². The summed E-state index contributed by atoms with van der Waals surface area (Å²) in [6, 6.07) is 5.43. The van der Waals surface area contributed by atoms with Gasteiger partial charge < -0.3 is 5.32 Å². The van der Waals surface area contributed by atoms with Crippen molar-refractivity contribution in [3.63, 3.8) is 0 Å². The van der Waals surface area contributed by atoms with E-state index in [4.69, 9.17) is 0 Å². The van der Waals surface area contributed by atoms with E-state index in [0.29, 0.717) is 13.0 Å². The van der Waals surface area contributed by atoms with Crippen LogP contribution >= 0.6 is 23.1 Å². The van der Waals surface area contributed by atoms with Crippen LogP contribution in [0, 0.1) is 0 Å². The van der Waals surface area contributed by atoms with Gasteiger partial charge in [0, 0.05) is 28.8 Å². The number of nitrogens with zero attached hydrogens (tertiary/aromatic N) is 2. The van der Waals surface area contributed by atoms with Gasteiger partial charge in [0.05, 0.1) is 12.6 Å². The highest BCUT2D eigenvalue weighted by Crippen LogP contribution is 2.31. The standard InChI is InChI=1S/C15H17N3O2S2/c1-2-10-6-14(20)18-11(9-22-15(18)17-10)7-13(19)16-8-12-4-3-5-21-12/h3-6,11H,2,7-9H2,1H3,(H,16,19). The van der Waals surface area contributed by atoms with Crippen LogP contribution in [0.25, 0.3) is 0 Å². The third-order valence-corrected chi connectivity index (χ3v) is 5.54. The monoisotopic (exact) mass is 335 g/mol. The van der Waals surface area contributed by atoms with Gasteiger partial charge in [-0.2, -0.15) is 0 Å². The molecule has 0 saturated carbocycles. The van der Waals surface area contributed by atoms with Crippen molar-refractivity contribution < 1.29 is 4.79 Å². The first-order chi connectivity index (χ1) is 10.7. The second-order valence-corrected chi connectivity index (χ2v) is 7.14. The lowest BCUT2D eigenvalue weighted by Crippen LogP contribution is -2.30. The lowest BCUT2D eigenvalue weighted by molar-refractivity contribution is -0.121. The maximum atomic E-state index is 12.2. The van der Waals surface area contributed by atoms with E-state index in [0.717, 1.165) is 27.9 Å². The van der Waals surface area contributed by atoms with E-state index in [1.807, 2.05) is 24.4 Å². The molecule has 1 aliphatic rings. The first-order valence-corrected chi connectivity index (χ1v) is 9.08. The molecule has 1 aliphatic heterocycles.